The molecule has 1 aliphatic heterocycles. The van der Waals surface area contributed by atoms with Crippen molar-refractivity contribution in [2.75, 3.05) is 4.90 Å². The molecule has 4 aromatic rings. The van der Waals surface area contributed by atoms with Gasteiger partial charge in [-0.3, -0.25) is 14.5 Å². The number of benzene rings is 3. The minimum absolute atomic E-state index is 0.0418. The summed E-state index contributed by atoms with van der Waals surface area (Å²) in [6, 6.07) is 20.1. The largest absolute Gasteiger partial charge is 0.503 e. The summed E-state index contributed by atoms with van der Waals surface area (Å²) < 4.78 is 5.75. The van der Waals surface area contributed by atoms with Crippen LogP contribution in [0.2, 0.25) is 10.0 Å². The number of carbonyl (C=O) groups excluding carboxylic acids is 2. The van der Waals surface area contributed by atoms with Gasteiger partial charge in [-0.05, 0) is 48.4 Å². The standard InChI is InChI=1S/C26H17Cl2NO4/c1-14-6-2-4-8-17(14)23-22(24(30)21-12-15-7-3-5-9-20(15)33-21)25(31)26(32)29(23)16-10-11-18(27)19(28)13-16/h2-13,23,31H,1H3. The van der Waals surface area contributed by atoms with Gasteiger partial charge in [0.05, 0.1) is 21.7 Å². The number of aliphatic hydroxyl groups excluding tert-OH is 1. The molecule has 1 aromatic heterocycles. The van der Waals surface area contributed by atoms with E-state index in [4.69, 9.17) is 27.6 Å². The van der Waals surface area contributed by atoms with Gasteiger partial charge >= 0.3 is 0 Å². The van der Waals surface area contributed by atoms with Crippen molar-refractivity contribution in [2.45, 2.75) is 13.0 Å². The van der Waals surface area contributed by atoms with E-state index in [0.29, 0.717) is 21.9 Å². The van der Waals surface area contributed by atoms with Crippen LogP contribution in [0.1, 0.15) is 27.7 Å². The van der Waals surface area contributed by atoms with Gasteiger partial charge in [-0.2, -0.15) is 0 Å². The summed E-state index contributed by atoms with van der Waals surface area (Å²) in [6.45, 7) is 1.88. The number of ketones is 1. The Labute approximate surface area is 199 Å². The lowest BCUT2D eigenvalue weighted by Crippen LogP contribution is -2.31. The van der Waals surface area contributed by atoms with E-state index in [1.54, 1.807) is 30.3 Å². The number of halogens is 2. The van der Waals surface area contributed by atoms with E-state index in [9.17, 15) is 14.7 Å². The molecular weight excluding hydrogens is 461 g/mol. The van der Waals surface area contributed by atoms with Crippen molar-refractivity contribution in [1.82, 2.24) is 0 Å². The van der Waals surface area contributed by atoms with E-state index in [-0.39, 0.29) is 16.4 Å². The van der Waals surface area contributed by atoms with Crippen molar-refractivity contribution in [1.29, 1.82) is 0 Å². The van der Waals surface area contributed by atoms with Gasteiger partial charge in [0.25, 0.3) is 5.91 Å². The van der Waals surface area contributed by atoms with Crippen molar-refractivity contribution in [2.24, 2.45) is 0 Å². The molecule has 164 valence electrons. The summed E-state index contributed by atoms with van der Waals surface area (Å²) in [5.74, 6) is -1.85. The third-order valence-corrected chi connectivity index (χ3v) is 6.51. The number of nitrogens with zero attached hydrogens (tertiary/aromatic N) is 1. The molecule has 0 saturated carbocycles. The van der Waals surface area contributed by atoms with Crippen LogP contribution in [0.25, 0.3) is 11.0 Å². The number of hydrogen-bond donors (Lipinski definition) is 1. The molecule has 0 spiro atoms. The molecule has 2 heterocycles. The maximum atomic E-state index is 13.6. The lowest BCUT2D eigenvalue weighted by atomic mass is 9.92. The Bertz CT molecular complexity index is 1440. The first-order valence-electron chi connectivity index (χ1n) is 10.2. The van der Waals surface area contributed by atoms with Gasteiger partial charge in [0, 0.05) is 11.1 Å². The van der Waals surface area contributed by atoms with E-state index in [2.05, 4.69) is 0 Å². The van der Waals surface area contributed by atoms with Crippen LogP contribution in [0.4, 0.5) is 5.69 Å². The molecule has 3 aromatic carbocycles. The predicted molar refractivity (Wildman–Crippen MR) is 128 cm³/mol. The monoisotopic (exact) mass is 477 g/mol. The van der Waals surface area contributed by atoms with Crippen LogP contribution in [0.3, 0.4) is 0 Å². The third-order valence-electron chi connectivity index (χ3n) is 5.77. The highest BCUT2D eigenvalue weighted by molar-refractivity contribution is 6.42. The second-order valence-corrected chi connectivity index (χ2v) is 8.59. The number of rotatable bonds is 4. The molecule has 1 atom stereocenters. The fourth-order valence-electron chi connectivity index (χ4n) is 4.15. The number of aryl methyl sites for hydroxylation is 1. The van der Waals surface area contributed by atoms with E-state index in [0.717, 1.165) is 10.9 Å². The molecule has 0 saturated heterocycles. The summed E-state index contributed by atoms with van der Waals surface area (Å²) in [7, 11) is 0. The predicted octanol–water partition coefficient (Wildman–Crippen LogP) is 6.83. The van der Waals surface area contributed by atoms with Crippen LogP contribution in [-0.4, -0.2) is 16.8 Å². The van der Waals surface area contributed by atoms with E-state index in [1.807, 2.05) is 43.3 Å². The lowest BCUT2D eigenvalue weighted by molar-refractivity contribution is -0.117. The summed E-state index contributed by atoms with van der Waals surface area (Å²) in [5.41, 5.74) is 2.44. The van der Waals surface area contributed by atoms with Gasteiger partial charge in [-0.25, -0.2) is 0 Å². The zero-order valence-corrected chi connectivity index (χ0v) is 18.9. The second-order valence-electron chi connectivity index (χ2n) is 7.77. The molecule has 1 unspecified atom stereocenters. The molecule has 1 amide bonds. The molecular formula is C26H17Cl2NO4. The SMILES string of the molecule is Cc1ccccc1C1C(C(=O)c2cc3ccccc3o2)=C(O)C(=O)N1c1ccc(Cl)c(Cl)c1. The quantitative estimate of drug-likeness (QED) is 0.327. The van der Waals surface area contributed by atoms with Crippen molar-refractivity contribution in [3.8, 4) is 0 Å². The highest BCUT2D eigenvalue weighted by atomic mass is 35.5. The summed E-state index contributed by atoms with van der Waals surface area (Å²) >= 11 is 12.3. The Balaban J connectivity index is 1.69. The van der Waals surface area contributed by atoms with Crippen molar-refractivity contribution in [3.05, 3.63) is 111 Å². The molecule has 0 fully saturated rings. The van der Waals surface area contributed by atoms with Crippen molar-refractivity contribution in [3.63, 3.8) is 0 Å². The van der Waals surface area contributed by atoms with Gasteiger partial charge in [0.2, 0.25) is 5.78 Å². The first-order chi connectivity index (χ1) is 15.9. The smallest absolute Gasteiger partial charge is 0.294 e. The Hall–Kier alpha value is -3.54. The average Bonchev–Trinajstić information content (AvgIpc) is 3.35. The summed E-state index contributed by atoms with van der Waals surface area (Å²) in [4.78, 5) is 28.3. The number of aliphatic hydroxyl groups is 1. The molecule has 1 aliphatic rings. The minimum atomic E-state index is -0.878. The summed E-state index contributed by atoms with van der Waals surface area (Å²) in [5, 5.41) is 12.2. The highest BCUT2D eigenvalue weighted by Gasteiger charge is 2.45. The number of fused-ring (bicyclic) bond motifs is 1. The van der Waals surface area contributed by atoms with Crippen molar-refractivity contribution >= 4 is 51.5 Å². The molecule has 0 radical (unpaired) electrons. The van der Waals surface area contributed by atoms with Gasteiger partial charge in [0.1, 0.15) is 5.58 Å². The van der Waals surface area contributed by atoms with Crippen LogP contribution in [-0.2, 0) is 4.79 Å². The van der Waals surface area contributed by atoms with Gasteiger partial charge < -0.3 is 9.52 Å². The Kier molecular flexibility index (Phi) is 5.23. The second kappa shape index (κ2) is 8.10. The molecule has 5 nitrogen and oxygen atoms in total. The number of para-hydroxylation sites is 1. The van der Waals surface area contributed by atoms with E-state index >= 15 is 0 Å². The normalized spacial score (nSPS) is 16.2. The first-order valence-corrected chi connectivity index (χ1v) is 10.9. The fourth-order valence-corrected chi connectivity index (χ4v) is 4.45. The Morgan fingerprint density at radius 3 is 2.42 bits per heavy atom. The zero-order valence-electron chi connectivity index (χ0n) is 17.4. The Morgan fingerprint density at radius 1 is 0.970 bits per heavy atom. The molecule has 5 rings (SSSR count). The lowest BCUT2D eigenvalue weighted by Gasteiger charge is -2.28. The van der Waals surface area contributed by atoms with Crippen LogP contribution in [0, 0.1) is 6.92 Å². The Morgan fingerprint density at radius 2 is 1.70 bits per heavy atom. The third kappa shape index (κ3) is 3.50. The molecule has 33 heavy (non-hydrogen) atoms. The van der Waals surface area contributed by atoms with Crippen LogP contribution >= 0.6 is 23.2 Å². The molecule has 0 bridgehead atoms. The molecule has 1 N–H and O–H groups in total. The topological polar surface area (TPSA) is 70.7 Å². The minimum Gasteiger partial charge on any atom is -0.503 e. The average molecular weight is 478 g/mol. The number of Topliss-reactive ketones (excluding diaryl/α,β-unsaturated/α-hetero) is 1. The highest BCUT2D eigenvalue weighted by Crippen LogP contribution is 2.44. The number of amides is 1. The number of carbonyl (C=O) groups is 2. The number of anilines is 1. The van der Waals surface area contributed by atoms with Crippen LogP contribution < -0.4 is 4.90 Å². The van der Waals surface area contributed by atoms with Crippen LogP contribution in [0.15, 0.2) is 88.5 Å². The van der Waals surface area contributed by atoms with Gasteiger partial charge in [0.15, 0.2) is 11.5 Å². The fraction of sp³-hybridized carbons (Fsp3) is 0.0769. The van der Waals surface area contributed by atoms with Crippen LogP contribution in [0.5, 0.6) is 0 Å². The van der Waals surface area contributed by atoms with Gasteiger partial charge in [-0.15, -0.1) is 0 Å². The summed E-state index contributed by atoms with van der Waals surface area (Å²) in [6.07, 6.45) is 0. The molecule has 7 heteroatoms. The number of furan rings is 1. The first kappa shape index (κ1) is 21.3. The van der Waals surface area contributed by atoms with Crippen molar-refractivity contribution < 1.29 is 19.1 Å². The maximum absolute atomic E-state index is 13.6. The maximum Gasteiger partial charge on any atom is 0.294 e. The number of hydrogen-bond acceptors (Lipinski definition) is 4. The van der Waals surface area contributed by atoms with E-state index < -0.39 is 23.5 Å². The van der Waals surface area contributed by atoms with E-state index in [1.165, 1.54) is 11.0 Å². The molecule has 0 aliphatic carbocycles. The van der Waals surface area contributed by atoms with Gasteiger partial charge in [-0.1, -0.05) is 65.7 Å². The zero-order chi connectivity index (χ0) is 23.3.